The minimum atomic E-state index is -0.204. The van der Waals surface area contributed by atoms with Crippen LogP contribution in [0.15, 0.2) is 36.5 Å². The van der Waals surface area contributed by atoms with Crippen LogP contribution in [-0.2, 0) is 4.79 Å². The summed E-state index contributed by atoms with van der Waals surface area (Å²) in [5.74, 6) is 0.293. The third-order valence-corrected chi connectivity index (χ3v) is 5.13. The maximum atomic E-state index is 13.0. The van der Waals surface area contributed by atoms with E-state index in [1.807, 2.05) is 42.5 Å². The number of amides is 1. The molecular weight excluding hydrogens is 382 g/mol. The molecule has 1 amide bonds. The fourth-order valence-corrected chi connectivity index (χ4v) is 3.72. The molecule has 1 aliphatic rings. The van der Waals surface area contributed by atoms with E-state index in [-0.39, 0.29) is 17.7 Å². The van der Waals surface area contributed by atoms with Crippen LogP contribution in [0.2, 0.25) is 0 Å². The second kappa shape index (κ2) is 6.73. The molecule has 1 unspecified atom stereocenters. The third-order valence-electron chi connectivity index (χ3n) is 5.13. The van der Waals surface area contributed by atoms with Gasteiger partial charge in [0.05, 0.1) is 34.2 Å². The molecule has 3 heterocycles. The number of imidazole rings is 1. The van der Waals surface area contributed by atoms with Gasteiger partial charge >= 0.3 is 0 Å². The van der Waals surface area contributed by atoms with Crippen molar-refractivity contribution in [2.24, 2.45) is 0 Å². The van der Waals surface area contributed by atoms with Gasteiger partial charge in [-0.3, -0.25) is 14.9 Å². The third kappa shape index (κ3) is 2.96. The molecule has 30 heavy (non-hydrogen) atoms. The van der Waals surface area contributed by atoms with Crippen molar-refractivity contribution in [3.63, 3.8) is 0 Å². The summed E-state index contributed by atoms with van der Waals surface area (Å²) in [4.78, 5) is 34.8. The van der Waals surface area contributed by atoms with E-state index in [0.29, 0.717) is 29.4 Å². The van der Waals surface area contributed by atoms with Crippen LogP contribution < -0.4 is 21.7 Å². The Balaban J connectivity index is 1.46. The van der Waals surface area contributed by atoms with Crippen molar-refractivity contribution in [1.29, 1.82) is 0 Å². The molecule has 0 saturated heterocycles. The number of para-hydroxylation sites is 1. The van der Waals surface area contributed by atoms with Crippen molar-refractivity contribution < 1.29 is 9.59 Å². The van der Waals surface area contributed by atoms with E-state index in [9.17, 15) is 9.59 Å². The van der Waals surface area contributed by atoms with Gasteiger partial charge in [-0.2, -0.15) is 5.10 Å². The van der Waals surface area contributed by atoms with Crippen molar-refractivity contribution in [2.75, 3.05) is 11.1 Å². The van der Waals surface area contributed by atoms with Gasteiger partial charge in [-0.1, -0.05) is 24.3 Å². The summed E-state index contributed by atoms with van der Waals surface area (Å²) in [6.45, 7) is 1.42. The van der Waals surface area contributed by atoms with Gasteiger partial charge in [0.15, 0.2) is 0 Å². The Morgan fingerprint density at radius 1 is 1.27 bits per heavy atom. The molecule has 5 rings (SSSR count). The molecule has 0 spiro atoms. The molecule has 0 saturated carbocycles. The molecule has 0 bridgehead atoms. The first-order valence-corrected chi connectivity index (χ1v) is 9.50. The summed E-state index contributed by atoms with van der Waals surface area (Å²) in [7, 11) is 0. The summed E-state index contributed by atoms with van der Waals surface area (Å²) in [6.07, 6.45) is 6.00. The number of nitrogens with one attached hydrogen (secondary N) is 3. The van der Waals surface area contributed by atoms with Gasteiger partial charge in [-0.15, -0.1) is 0 Å². The van der Waals surface area contributed by atoms with Crippen molar-refractivity contribution in [3.05, 3.63) is 58.5 Å². The molecule has 0 aliphatic heterocycles. The number of aromatic amines is 2. The highest BCUT2D eigenvalue weighted by atomic mass is 16.1. The van der Waals surface area contributed by atoms with Crippen LogP contribution in [0.3, 0.4) is 0 Å². The number of carbonyl (C=O) groups is 2. The number of nitrogens with two attached hydrogens (primary N) is 1. The zero-order chi connectivity index (χ0) is 20.8. The Hall–Kier alpha value is -4.14. The second-order valence-corrected chi connectivity index (χ2v) is 7.23. The van der Waals surface area contributed by atoms with Crippen LogP contribution in [0.25, 0.3) is 23.1 Å². The fraction of sp³-hybridized carbons (Fsp3) is 0.143. The second-order valence-electron chi connectivity index (χ2n) is 7.23. The number of anilines is 2. The molecule has 0 radical (unpaired) electrons. The number of hydrogen-bond donors (Lipinski definition) is 4. The van der Waals surface area contributed by atoms with Gasteiger partial charge in [0.25, 0.3) is 0 Å². The molecule has 1 aromatic carbocycles. The number of aromatic nitrogens is 5. The maximum Gasteiger partial charge on any atom is 0.223 e. The predicted molar refractivity (Wildman–Crippen MR) is 113 cm³/mol. The number of fused-ring (bicyclic) bond motifs is 2. The summed E-state index contributed by atoms with van der Waals surface area (Å²) in [6, 6.07) is 9.34. The lowest BCUT2D eigenvalue weighted by Gasteiger charge is -2.15. The molecule has 1 atom stereocenters. The molecule has 5 N–H and O–H groups in total. The van der Waals surface area contributed by atoms with Crippen LogP contribution in [-0.4, -0.2) is 36.4 Å². The summed E-state index contributed by atoms with van der Waals surface area (Å²) in [5, 5.41) is 9.50. The lowest BCUT2D eigenvalue weighted by atomic mass is 10.1. The van der Waals surface area contributed by atoms with E-state index in [0.717, 1.165) is 21.6 Å². The van der Waals surface area contributed by atoms with Crippen molar-refractivity contribution in [3.8, 4) is 0 Å². The van der Waals surface area contributed by atoms with Crippen LogP contribution in [0.5, 0.6) is 0 Å². The van der Waals surface area contributed by atoms with E-state index in [1.165, 1.54) is 13.1 Å². The number of ketones is 1. The average molecular weight is 401 g/mol. The average Bonchev–Trinajstić information content (AvgIpc) is 3.42. The van der Waals surface area contributed by atoms with Gasteiger partial charge in [0.2, 0.25) is 17.6 Å². The number of hydrogen-bond acceptors (Lipinski definition) is 5. The highest BCUT2D eigenvalue weighted by Crippen LogP contribution is 2.25. The number of carbonyl (C=O) groups excluding carboxylic acids is 2. The van der Waals surface area contributed by atoms with E-state index < -0.39 is 0 Å². The monoisotopic (exact) mass is 401 g/mol. The molecule has 150 valence electrons. The normalized spacial score (nSPS) is 15.3. The Morgan fingerprint density at radius 3 is 2.90 bits per heavy atom. The van der Waals surface area contributed by atoms with E-state index in [1.54, 1.807) is 4.68 Å². The van der Waals surface area contributed by atoms with Gasteiger partial charge in [-0.25, -0.2) is 9.67 Å². The fourth-order valence-electron chi connectivity index (χ4n) is 3.72. The maximum absolute atomic E-state index is 13.0. The number of H-pyrrole nitrogens is 2. The molecule has 1 aliphatic carbocycles. The first-order chi connectivity index (χ1) is 14.5. The molecule has 3 aromatic heterocycles. The topological polar surface area (TPSA) is 134 Å². The largest absolute Gasteiger partial charge is 0.383 e. The summed E-state index contributed by atoms with van der Waals surface area (Å²) >= 11 is 0. The van der Waals surface area contributed by atoms with Gasteiger partial charge in [0.1, 0.15) is 5.82 Å². The van der Waals surface area contributed by atoms with Gasteiger partial charge < -0.3 is 15.7 Å². The van der Waals surface area contributed by atoms with E-state index in [4.69, 9.17) is 5.73 Å². The van der Waals surface area contributed by atoms with Gasteiger partial charge in [-0.05, 0) is 24.6 Å². The van der Waals surface area contributed by atoms with E-state index in [2.05, 4.69) is 25.4 Å². The molecule has 4 aromatic rings. The quantitative estimate of drug-likeness (QED) is 0.379. The number of rotatable bonds is 4. The first-order valence-electron chi connectivity index (χ1n) is 9.50. The lowest BCUT2D eigenvalue weighted by molar-refractivity contribution is -0.114. The Bertz CT molecular complexity index is 1390. The molecular formula is C21H19N7O2. The highest BCUT2D eigenvalue weighted by molar-refractivity contribution is 6.12. The van der Waals surface area contributed by atoms with Crippen LogP contribution in [0.1, 0.15) is 35.4 Å². The Kier molecular flexibility index (Phi) is 4.02. The van der Waals surface area contributed by atoms with Gasteiger partial charge in [0, 0.05) is 17.8 Å². The minimum absolute atomic E-state index is 0.174. The Labute approximate surface area is 170 Å². The van der Waals surface area contributed by atoms with Crippen LogP contribution in [0.4, 0.5) is 11.8 Å². The van der Waals surface area contributed by atoms with Crippen molar-refractivity contribution in [1.82, 2.24) is 24.7 Å². The lowest BCUT2D eigenvalue weighted by Crippen LogP contribution is -2.30. The standard InChI is InChI=1S/C21H19N7O2/c1-11(29)24-21-26-16-7-6-13(9-17(16)27-21)28-20(22)14(10-23-28)19(30)18-8-12-4-2-3-5-15(12)25-18/h2-5,7-10,13,25H,6,22H2,1H3,(H2,24,26,27,29). The summed E-state index contributed by atoms with van der Waals surface area (Å²) < 4.78 is 1.63. The first kappa shape index (κ1) is 17.9. The van der Waals surface area contributed by atoms with E-state index >= 15 is 0 Å². The predicted octanol–water partition coefficient (Wildman–Crippen LogP) is 1.07. The Morgan fingerprint density at radius 2 is 2.10 bits per heavy atom. The smallest absolute Gasteiger partial charge is 0.223 e. The minimum Gasteiger partial charge on any atom is -0.383 e. The zero-order valence-corrected chi connectivity index (χ0v) is 16.1. The molecule has 9 heteroatoms. The van der Waals surface area contributed by atoms with Crippen LogP contribution in [0, 0.1) is 0 Å². The summed E-state index contributed by atoms with van der Waals surface area (Å²) in [5.41, 5.74) is 8.02. The molecule has 9 nitrogen and oxygen atoms in total. The number of benzene rings is 1. The SMILES string of the molecule is CC(=O)Nc1nc2c([nH]1)=CC(n1ncc(C(=O)c3cc4ccccc4[nH]3)c1N)CC=2. The van der Waals surface area contributed by atoms with Crippen molar-refractivity contribution in [2.45, 2.75) is 19.4 Å². The van der Waals surface area contributed by atoms with Crippen molar-refractivity contribution >= 4 is 46.5 Å². The van der Waals surface area contributed by atoms with Crippen LogP contribution >= 0.6 is 0 Å². The zero-order valence-electron chi connectivity index (χ0n) is 16.1. The molecule has 0 fully saturated rings. The number of nitrogens with zero attached hydrogens (tertiary/aromatic N) is 3. The highest BCUT2D eigenvalue weighted by Gasteiger charge is 2.22. The number of nitrogen functional groups attached to an aromatic ring is 1.